The molecule has 0 radical (unpaired) electrons. The van der Waals surface area contributed by atoms with Crippen LogP contribution in [0.5, 0.6) is 0 Å². The Morgan fingerprint density at radius 1 is 1.32 bits per heavy atom. The van der Waals surface area contributed by atoms with E-state index in [1.165, 1.54) is 0 Å². The number of H-pyrrole nitrogens is 1. The van der Waals surface area contributed by atoms with Crippen molar-refractivity contribution < 1.29 is 9.90 Å². The summed E-state index contributed by atoms with van der Waals surface area (Å²) in [6.45, 7) is 1.73. The Labute approximate surface area is 179 Å². The van der Waals surface area contributed by atoms with Crippen LogP contribution < -0.4 is 10.2 Å². The van der Waals surface area contributed by atoms with Crippen molar-refractivity contribution in [2.24, 2.45) is 11.3 Å². The topological polar surface area (TPSA) is 118 Å². The first-order valence-electron chi connectivity index (χ1n) is 10.6. The molecule has 31 heavy (non-hydrogen) atoms. The second kappa shape index (κ2) is 7.67. The number of amides is 1. The number of aromatic amines is 1. The Bertz CT molecular complexity index is 1140. The molecule has 3 heterocycles. The highest BCUT2D eigenvalue weighted by molar-refractivity contribution is 5.87. The molecule has 2 aromatic heterocycles. The van der Waals surface area contributed by atoms with Gasteiger partial charge >= 0.3 is 0 Å². The molecular weight excluding hydrogens is 392 g/mol. The van der Waals surface area contributed by atoms with Crippen LogP contribution in [0.15, 0.2) is 42.9 Å². The van der Waals surface area contributed by atoms with E-state index in [4.69, 9.17) is 5.26 Å². The van der Waals surface area contributed by atoms with Gasteiger partial charge in [0.2, 0.25) is 5.91 Å². The number of benzene rings is 1. The molecule has 2 aliphatic rings. The second-order valence-corrected chi connectivity index (χ2v) is 8.56. The van der Waals surface area contributed by atoms with E-state index in [0.717, 1.165) is 49.2 Å². The Hall–Kier alpha value is -3.44. The van der Waals surface area contributed by atoms with Gasteiger partial charge in [0.1, 0.15) is 17.8 Å². The third-order valence-electron chi connectivity index (χ3n) is 6.67. The highest BCUT2D eigenvalue weighted by Crippen LogP contribution is 2.56. The molecule has 5 rings (SSSR count). The average molecular weight is 416 g/mol. The number of hydrogen-bond donors (Lipinski definition) is 3. The summed E-state index contributed by atoms with van der Waals surface area (Å²) in [4.78, 5) is 27.2. The van der Waals surface area contributed by atoms with Gasteiger partial charge < -0.3 is 20.3 Å². The number of aromatic nitrogens is 3. The fourth-order valence-electron chi connectivity index (χ4n) is 4.75. The number of carbonyl (C=O) groups excluding carboxylic acids is 1. The fourth-order valence-corrected chi connectivity index (χ4v) is 4.75. The molecule has 3 N–H and O–H groups in total. The van der Waals surface area contributed by atoms with Crippen molar-refractivity contribution in [3.05, 3.63) is 54.0 Å². The van der Waals surface area contributed by atoms with E-state index in [9.17, 15) is 9.90 Å². The lowest BCUT2D eigenvalue weighted by Gasteiger charge is -2.39. The molecule has 1 aromatic carbocycles. The monoisotopic (exact) mass is 416 g/mol. The number of piperidine rings is 1. The van der Waals surface area contributed by atoms with Gasteiger partial charge in [0.25, 0.3) is 0 Å². The van der Waals surface area contributed by atoms with E-state index in [0.29, 0.717) is 11.1 Å². The van der Waals surface area contributed by atoms with Gasteiger partial charge in [0.05, 0.1) is 23.1 Å². The summed E-state index contributed by atoms with van der Waals surface area (Å²) in [6.07, 6.45) is 5.47. The van der Waals surface area contributed by atoms with E-state index in [1.807, 2.05) is 12.3 Å². The van der Waals surface area contributed by atoms with Crippen molar-refractivity contribution in [3.8, 4) is 6.07 Å². The predicted octanol–water partition coefficient (Wildman–Crippen LogP) is 2.29. The summed E-state index contributed by atoms with van der Waals surface area (Å²) < 4.78 is 0. The predicted molar refractivity (Wildman–Crippen MR) is 115 cm³/mol. The van der Waals surface area contributed by atoms with Crippen molar-refractivity contribution in [2.75, 3.05) is 24.5 Å². The Morgan fingerprint density at radius 3 is 2.87 bits per heavy atom. The van der Waals surface area contributed by atoms with E-state index in [-0.39, 0.29) is 23.8 Å². The zero-order chi connectivity index (χ0) is 21.4. The second-order valence-electron chi connectivity index (χ2n) is 8.56. The number of aliphatic hydroxyl groups excluding tert-OH is 1. The molecule has 2 fully saturated rings. The average Bonchev–Trinajstić information content (AvgIpc) is 3.38. The van der Waals surface area contributed by atoms with Gasteiger partial charge in [-0.1, -0.05) is 12.1 Å². The molecule has 2 atom stereocenters. The lowest BCUT2D eigenvalue weighted by molar-refractivity contribution is -0.128. The van der Waals surface area contributed by atoms with Crippen LogP contribution in [0.2, 0.25) is 0 Å². The first-order chi connectivity index (χ1) is 15.1. The number of nitrogens with one attached hydrogen (secondary N) is 2. The summed E-state index contributed by atoms with van der Waals surface area (Å²) in [5.74, 6) is 0.882. The minimum atomic E-state index is -0.796. The standard InChI is InChI=1S/C23H24N6O2/c24-11-15-1-3-16(4-2-15)19(30)12-26-22(31)18-6-10-29(13-23(18)7-8-23)21-17-5-9-25-20(17)27-14-28-21/h1-5,9,14,18-19,30H,6-8,10,12-13H2,(H,26,31)(H,25,27,28)/t18?,19-/m1/s1. The van der Waals surface area contributed by atoms with Gasteiger partial charge in [0, 0.05) is 31.7 Å². The van der Waals surface area contributed by atoms with E-state index < -0.39 is 6.10 Å². The zero-order valence-electron chi connectivity index (χ0n) is 17.1. The molecule has 1 aliphatic heterocycles. The molecule has 1 aliphatic carbocycles. The van der Waals surface area contributed by atoms with Gasteiger partial charge in [-0.2, -0.15) is 5.26 Å². The van der Waals surface area contributed by atoms with Crippen LogP contribution in [-0.2, 0) is 4.79 Å². The first kappa shape index (κ1) is 19.5. The van der Waals surface area contributed by atoms with Crippen molar-refractivity contribution in [1.82, 2.24) is 20.3 Å². The van der Waals surface area contributed by atoms with Crippen molar-refractivity contribution in [2.45, 2.75) is 25.4 Å². The van der Waals surface area contributed by atoms with Crippen LogP contribution in [-0.4, -0.2) is 45.6 Å². The van der Waals surface area contributed by atoms with E-state index in [2.05, 4.69) is 31.2 Å². The third kappa shape index (κ3) is 3.62. The zero-order valence-corrected chi connectivity index (χ0v) is 17.1. The van der Waals surface area contributed by atoms with Crippen LogP contribution in [0, 0.1) is 22.7 Å². The number of nitrogens with zero attached hydrogens (tertiary/aromatic N) is 4. The molecule has 3 aromatic rings. The molecule has 8 heteroatoms. The minimum Gasteiger partial charge on any atom is -0.387 e. The lowest BCUT2D eigenvalue weighted by atomic mass is 9.81. The van der Waals surface area contributed by atoms with Gasteiger partial charge in [-0.15, -0.1) is 0 Å². The molecule has 0 bridgehead atoms. The van der Waals surface area contributed by atoms with Crippen LogP contribution in [0.4, 0.5) is 5.82 Å². The lowest BCUT2D eigenvalue weighted by Crippen LogP contribution is -2.48. The quantitative estimate of drug-likeness (QED) is 0.587. The Morgan fingerprint density at radius 2 is 2.13 bits per heavy atom. The van der Waals surface area contributed by atoms with Gasteiger partial charge in [-0.25, -0.2) is 9.97 Å². The SMILES string of the molecule is N#Cc1ccc([C@H](O)CNC(=O)C2CCN(c3ncnc4[nH]ccc34)CC23CC3)cc1. The van der Waals surface area contributed by atoms with Crippen LogP contribution >= 0.6 is 0 Å². The van der Waals surface area contributed by atoms with Crippen LogP contribution in [0.3, 0.4) is 0 Å². The summed E-state index contributed by atoms with van der Waals surface area (Å²) in [5.41, 5.74) is 2.04. The molecule has 158 valence electrons. The first-order valence-corrected chi connectivity index (χ1v) is 10.6. The highest BCUT2D eigenvalue weighted by Gasteiger charge is 2.55. The maximum Gasteiger partial charge on any atom is 0.223 e. The molecule has 1 amide bonds. The minimum absolute atomic E-state index is 0.0133. The number of anilines is 1. The van der Waals surface area contributed by atoms with Crippen molar-refractivity contribution in [3.63, 3.8) is 0 Å². The smallest absolute Gasteiger partial charge is 0.223 e. The van der Waals surface area contributed by atoms with Gasteiger partial charge in [0.15, 0.2) is 0 Å². The molecule has 1 spiro atoms. The maximum absolute atomic E-state index is 13.0. The Balaban J connectivity index is 1.23. The van der Waals surface area contributed by atoms with Gasteiger partial charge in [-0.3, -0.25) is 4.79 Å². The van der Waals surface area contributed by atoms with E-state index >= 15 is 0 Å². The molecule has 8 nitrogen and oxygen atoms in total. The molecular formula is C23H24N6O2. The summed E-state index contributed by atoms with van der Waals surface area (Å²) in [5, 5.41) is 23.3. The largest absolute Gasteiger partial charge is 0.387 e. The number of aliphatic hydroxyl groups is 1. The van der Waals surface area contributed by atoms with Crippen molar-refractivity contribution >= 4 is 22.8 Å². The summed E-state index contributed by atoms with van der Waals surface area (Å²) in [6, 6.07) is 10.8. The third-order valence-corrected chi connectivity index (χ3v) is 6.67. The number of fused-ring (bicyclic) bond motifs is 1. The fraction of sp³-hybridized carbons (Fsp3) is 0.391. The number of rotatable bonds is 5. The summed E-state index contributed by atoms with van der Waals surface area (Å²) in [7, 11) is 0. The molecule has 1 unspecified atom stereocenters. The van der Waals surface area contributed by atoms with Crippen LogP contribution in [0.1, 0.15) is 36.5 Å². The normalized spacial score (nSPS) is 20.4. The highest BCUT2D eigenvalue weighted by atomic mass is 16.3. The van der Waals surface area contributed by atoms with E-state index in [1.54, 1.807) is 30.6 Å². The number of carbonyl (C=O) groups is 1. The Kier molecular flexibility index (Phi) is 4.83. The van der Waals surface area contributed by atoms with Gasteiger partial charge in [-0.05, 0) is 48.4 Å². The van der Waals surface area contributed by atoms with Crippen molar-refractivity contribution in [1.29, 1.82) is 5.26 Å². The molecule has 1 saturated heterocycles. The molecule has 1 saturated carbocycles. The maximum atomic E-state index is 13.0. The number of hydrogen-bond acceptors (Lipinski definition) is 6. The summed E-state index contributed by atoms with van der Waals surface area (Å²) >= 11 is 0. The number of nitriles is 1. The van der Waals surface area contributed by atoms with Crippen LogP contribution in [0.25, 0.3) is 11.0 Å².